The predicted octanol–water partition coefficient (Wildman–Crippen LogP) is 3.17. The molecule has 0 saturated carbocycles. The molecular weight excluding hydrogens is 322 g/mol. The number of piperazine rings is 1. The summed E-state index contributed by atoms with van der Waals surface area (Å²) in [7, 11) is 0. The summed E-state index contributed by atoms with van der Waals surface area (Å²) in [5, 5.41) is 3.13. The lowest BCUT2D eigenvalue weighted by atomic mass is 10.0. The molecule has 1 N–H and O–H groups in total. The number of nitrogens with one attached hydrogen (secondary N) is 1. The van der Waals surface area contributed by atoms with E-state index in [9.17, 15) is 4.79 Å². The Kier molecular flexibility index (Phi) is 6.42. The molecular formula is C22H29N3O. The highest BCUT2D eigenvalue weighted by molar-refractivity contribution is 5.78. The molecule has 4 nitrogen and oxygen atoms in total. The zero-order chi connectivity index (χ0) is 18.4. The van der Waals surface area contributed by atoms with E-state index in [1.54, 1.807) is 0 Å². The van der Waals surface area contributed by atoms with E-state index in [1.807, 2.05) is 25.1 Å². The van der Waals surface area contributed by atoms with Gasteiger partial charge in [-0.25, -0.2) is 0 Å². The van der Waals surface area contributed by atoms with Crippen molar-refractivity contribution < 1.29 is 4.79 Å². The van der Waals surface area contributed by atoms with E-state index in [2.05, 4.69) is 58.4 Å². The number of nitrogens with zero attached hydrogens (tertiary/aromatic N) is 2. The van der Waals surface area contributed by atoms with Crippen LogP contribution in [0.3, 0.4) is 0 Å². The summed E-state index contributed by atoms with van der Waals surface area (Å²) >= 11 is 0. The van der Waals surface area contributed by atoms with Crippen molar-refractivity contribution in [3.05, 3.63) is 60.2 Å². The third-order valence-corrected chi connectivity index (χ3v) is 5.17. The molecule has 1 heterocycles. The Labute approximate surface area is 156 Å². The van der Waals surface area contributed by atoms with Gasteiger partial charge in [0, 0.05) is 26.2 Å². The fourth-order valence-electron chi connectivity index (χ4n) is 3.43. The summed E-state index contributed by atoms with van der Waals surface area (Å²) in [5.74, 6) is 0.106. The number of carbonyl (C=O) groups is 1. The second kappa shape index (κ2) is 8.97. The average Bonchev–Trinajstić information content (AvgIpc) is 2.69. The summed E-state index contributed by atoms with van der Waals surface area (Å²) in [6.45, 7) is 9.88. The maximum Gasteiger partial charge on any atom is 0.234 e. The monoisotopic (exact) mass is 351 g/mol. The first-order valence-electron chi connectivity index (χ1n) is 9.55. The van der Waals surface area contributed by atoms with E-state index in [-0.39, 0.29) is 11.9 Å². The van der Waals surface area contributed by atoms with Crippen LogP contribution in [0.1, 0.15) is 25.5 Å². The van der Waals surface area contributed by atoms with Crippen LogP contribution in [0.5, 0.6) is 0 Å². The van der Waals surface area contributed by atoms with Crippen molar-refractivity contribution in [2.24, 2.45) is 0 Å². The van der Waals surface area contributed by atoms with Crippen LogP contribution in [-0.2, 0) is 4.79 Å². The minimum atomic E-state index is 0.0178. The van der Waals surface area contributed by atoms with E-state index in [0.717, 1.165) is 38.3 Å². The SMILES string of the molecule is CCN1CCN(CC(=O)NC(C)c2ccc(-c3ccccc3)cc2)CC1. The number of hydrogen-bond donors (Lipinski definition) is 1. The lowest BCUT2D eigenvalue weighted by Gasteiger charge is -2.33. The van der Waals surface area contributed by atoms with E-state index in [4.69, 9.17) is 0 Å². The Balaban J connectivity index is 1.51. The third-order valence-electron chi connectivity index (χ3n) is 5.17. The number of likely N-dealkylation sites (N-methyl/N-ethyl adjacent to an activating group) is 1. The van der Waals surface area contributed by atoms with Gasteiger partial charge in [-0.3, -0.25) is 9.69 Å². The van der Waals surface area contributed by atoms with Gasteiger partial charge in [-0.05, 0) is 30.2 Å². The average molecular weight is 351 g/mol. The molecule has 4 heteroatoms. The first kappa shape index (κ1) is 18.6. The Morgan fingerprint density at radius 2 is 1.50 bits per heavy atom. The fourth-order valence-corrected chi connectivity index (χ4v) is 3.43. The molecule has 1 unspecified atom stereocenters. The number of rotatable bonds is 6. The Morgan fingerprint density at radius 1 is 0.923 bits per heavy atom. The number of benzene rings is 2. The standard InChI is InChI=1S/C22H29N3O/c1-3-24-13-15-25(16-14-24)17-22(26)23-18(2)19-9-11-21(12-10-19)20-7-5-4-6-8-20/h4-12,18H,3,13-17H2,1-2H3,(H,23,26). The summed E-state index contributed by atoms with van der Waals surface area (Å²) in [6.07, 6.45) is 0. The second-order valence-corrected chi connectivity index (χ2v) is 6.99. The van der Waals surface area contributed by atoms with Crippen LogP contribution < -0.4 is 5.32 Å². The highest BCUT2D eigenvalue weighted by Gasteiger charge is 2.18. The topological polar surface area (TPSA) is 35.6 Å². The van der Waals surface area contributed by atoms with E-state index in [0.29, 0.717) is 6.54 Å². The molecule has 1 aliphatic heterocycles. The van der Waals surface area contributed by atoms with Crippen LogP contribution in [0.15, 0.2) is 54.6 Å². The van der Waals surface area contributed by atoms with Crippen LogP contribution in [0, 0.1) is 0 Å². The zero-order valence-corrected chi connectivity index (χ0v) is 15.8. The van der Waals surface area contributed by atoms with Gasteiger partial charge >= 0.3 is 0 Å². The summed E-state index contributed by atoms with van der Waals surface area (Å²) in [4.78, 5) is 17.0. The molecule has 3 rings (SSSR count). The van der Waals surface area contributed by atoms with Gasteiger partial charge < -0.3 is 10.2 Å². The van der Waals surface area contributed by atoms with Crippen molar-refractivity contribution in [1.29, 1.82) is 0 Å². The first-order valence-corrected chi connectivity index (χ1v) is 9.55. The number of hydrogen-bond acceptors (Lipinski definition) is 3. The molecule has 138 valence electrons. The molecule has 0 bridgehead atoms. The molecule has 1 fully saturated rings. The van der Waals surface area contributed by atoms with E-state index < -0.39 is 0 Å². The number of amides is 1. The van der Waals surface area contributed by atoms with Crippen molar-refractivity contribution >= 4 is 5.91 Å². The summed E-state index contributed by atoms with van der Waals surface area (Å²) in [5.41, 5.74) is 3.54. The van der Waals surface area contributed by atoms with Gasteiger partial charge in [0.2, 0.25) is 5.91 Å². The number of carbonyl (C=O) groups excluding carboxylic acids is 1. The highest BCUT2D eigenvalue weighted by atomic mass is 16.2. The summed E-state index contributed by atoms with van der Waals surface area (Å²) in [6, 6.07) is 18.8. The molecule has 26 heavy (non-hydrogen) atoms. The zero-order valence-electron chi connectivity index (χ0n) is 15.8. The molecule has 2 aromatic carbocycles. The van der Waals surface area contributed by atoms with Crippen LogP contribution in [-0.4, -0.2) is 55.0 Å². The molecule has 0 aromatic heterocycles. The maximum atomic E-state index is 12.4. The highest BCUT2D eigenvalue weighted by Crippen LogP contribution is 2.21. The normalized spacial score (nSPS) is 17.0. The van der Waals surface area contributed by atoms with Crippen molar-refractivity contribution in [2.45, 2.75) is 19.9 Å². The maximum absolute atomic E-state index is 12.4. The van der Waals surface area contributed by atoms with Gasteiger partial charge in [-0.15, -0.1) is 0 Å². The van der Waals surface area contributed by atoms with Crippen molar-refractivity contribution in [3.63, 3.8) is 0 Å². The molecule has 0 spiro atoms. The van der Waals surface area contributed by atoms with Crippen molar-refractivity contribution in [2.75, 3.05) is 39.3 Å². The van der Waals surface area contributed by atoms with Gasteiger partial charge in [0.1, 0.15) is 0 Å². The third kappa shape index (κ3) is 4.93. The van der Waals surface area contributed by atoms with Crippen LogP contribution in [0.25, 0.3) is 11.1 Å². The van der Waals surface area contributed by atoms with Gasteiger partial charge in [-0.2, -0.15) is 0 Å². The fraction of sp³-hybridized carbons (Fsp3) is 0.409. The minimum absolute atomic E-state index is 0.0178. The molecule has 1 atom stereocenters. The molecule has 0 aliphatic carbocycles. The lowest BCUT2D eigenvalue weighted by Crippen LogP contribution is -2.49. The first-order chi connectivity index (χ1) is 12.7. The van der Waals surface area contributed by atoms with E-state index in [1.165, 1.54) is 11.1 Å². The Morgan fingerprint density at radius 3 is 2.12 bits per heavy atom. The van der Waals surface area contributed by atoms with Gasteiger partial charge in [0.25, 0.3) is 0 Å². The second-order valence-electron chi connectivity index (χ2n) is 6.99. The minimum Gasteiger partial charge on any atom is -0.348 e. The molecule has 1 aliphatic rings. The lowest BCUT2D eigenvalue weighted by molar-refractivity contribution is -0.123. The van der Waals surface area contributed by atoms with Crippen LogP contribution in [0.4, 0.5) is 0 Å². The molecule has 0 radical (unpaired) electrons. The van der Waals surface area contributed by atoms with Crippen molar-refractivity contribution in [3.8, 4) is 11.1 Å². The Bertz CT molecular complexity index is 691. The molecule has 1 saturated heterocycles. The van der Waals surface area contributed by atoms with Gasteiger partial charge in [0.15, 0.2) is 0 Å². The molecule has 1 amide bonds. The van der Waals surface area contributed by atoms with E-state index >= 15 is 0 Å². The summed E-state index contributed by atoms with van der Waals surface area (Å²) < 4.78 is 0. The predicted molar refractivity (Wildman–Crippen MR) is 107 cm³/mol. The van der Waals surface area contributed by atoms with Crippen LogP contribution in [0.2, 0.25) is 0 Å². The Hall–Kier alpha value is -2.17. The van der Waals surface area contributed by atoms with Gasteiger partial charge in [0.05, 0.1) is 12.6 Å². The molecule has 2 aromatic rings. The largest absolute Gasteiger partial charge is 0.348 e. The van der Waals surface area contributed by atoms with Crippen LogP contribution >= 0.6 is 0 Å². The van der Waals surface area contributed by atoms with Gasteiger partial charge in [-0.1, -0.05) is 61.5 Å². The smallest absolute Gasteiger partial charge is 0.234 e. The quantitative estimate of drug-likeness (QED) is 0.868. The van der Waals surface area contributed by atoms with Crippen molar-refractivity contribution in [1.82, 2.24) is 15.1 Å².